The van der Waals surface area contributed by atoms with E-state index in [4.69, 9.17) is 10.3 Å². The summed E-state index contributed by atoms with van der Waals surface area (Å²) in [7, 11) is 0. The van der Waals surface area contributed by atoms with Crippen LogP contribution in [0.5, 0.6) is 0 Å². The van der Waals surface area contributed by atoms with Gasteiger partial charge in [0.2, 0.25) is 0 Å². The molecule has 0 bridgehead atoms. The van der Waals surface area contributed by atoms with Crippen LogP contribution in [0, 0.1) is 0 Å². The lowest BCUT2D eigenvalue weighted by molar-refractivity contribution is 0.456. The van der Waals surface area contributed by atoms with E-state index < -0.39 is 0 Å². The van der Waals surface area contributed by atoms with E-state index in [-0.39, 0.29) is 0 Å². The van der Waals surface area contributed by atoms with Crippen LogP contribution >= 0.6 is 0 Å². The Hall–Kier alpha value is -1.62. The van der Waals surface area contributed by atoms with Gasteiger partial charge in [-0.3, -0.25) is 0 Å². The van der Waals surface area contributed by atoms with Crippen molar-refractivity contribution in [2.75, 3.05) is 18.4 Å². The summed E-state index contributed by atoms with van der Waals surface area (Å²) in [5.41, 5.74) is 6.12. The molecule has 14 heavy (non-hydrogen) atoms. The lowest BCUT2D eigenvalue weighted by atomic mass is 10.3. The van der Waals surface area contributed by atoms with E-state index in [1.54, 1.807) is 12.4 Å². The quantitative estimate of drug-likeness (QED) is 0.706. The molecule has 0 atom stereocenters. The molecule has 0 aromatic carbocycles. The topological polar surface area (TPSA) is 77.0 Å². The second kappa shape index (κ2) is 4.06. The first-order valence-electron chi connectivity index (χ1n) is 4.54. The molecule has 2 rings (SSSR count). The predicted octanol–water partition coefficient (Wildman–Crippen LogP) is 0.983. The number of anilines is 1. The lowest BCUT2D eigenvalue weighted by Crippen LogP contribution is -2.09. The van der Waals surface area contributed by atoms with Crippen molar-refractivity contribution in [1.29, 1.82) is 0 Å². The Labute approximate surface area is 81.3 Å². The summed E-state index contributed by atoms with van der Waals surface area (Å²) < 4.78 is 5.01. The van der Waals surface area contributed by atoms with Gasteiger partial charge >= 0.3 is 0 Å². The molecule has 0 aliphatic carbocycles. The Morgan fingerprint density at radius 2 is 2.36 bits per heavy atom. The molecule has 5 nitrogen and oxygen atoms in total. The second-order valence-corrected chi connectivity index (χ2v) is 3.00. The number of fused-ring (bicyclic) bond motifs is 1. The van der Waals surface area contributed by atoms with Gasteiger partial charge in [0.05, 0.1) is 11.6 Å². The van der Waals surface area contributed by atoms with Crippen LogP contribution in [0.15, 0.2) is 23.0 Å². The third-order valence-electron chi connectivity index (χ3n) is 1.92. The lowest BCUT2D eigenvalue weighted by Gasteiger charge is -2.02. The van der Waals surface area contributed by atoms with Crippen LogP contribution in [0.1, 0.15) is 6.42 Å². The van der Waals surface area contributed by atoms with E-state index in [9.17, 15) is 0 Å². The average Bonchev–Trinajstić information content (AvgIpc) is 2.65. The average molecular weight is 192 g/mol. The summed E-state index contributed by atoms with van der Waals surface area (Å²) in [6.45, 7) is 1.50. The van der Waals surface area contributed by atoms with Crippen LogP contribution in [0.3, 0.4) is 0 Å². The molecule has 2 aromatic heterocycles. The summed E-state index contributed by atoms with van der Waals surface area (Å²) in [5, 5.41) is 7.74. The van der Waals surface area contributed by atoms with Crippen molar-refractivity contribution in [2.24, 2.45) is 5.73 Å². The van der Waals surface area contributed by atoms with Gasteiger partial charge in [-0.2, -0.15) is 0 Å². The predicted molar refractivity (Wildman–Crippen MR) is 54.0 cm³/mol. The standard InChI is InChI=1S/C9H12N4O/c10-2-1-3-11-9-4-8-7(5-12-9)6-13-14-8/h4-6H,1-3,10H2,(H,11,12). The molecule has 2 heterocycles. The summed E-state index contributed by atoms with van der Waals surface area (Å²) in [6.07, 6.45) is 4.30. The Balaban J connectivity index is 2.10. The zero-order valence-corrected chi connectivity index (χ0v) is 7.73. The van der Waals surface area contributed by atoms with Crippen molar-refractivity contribution in [3.63, 3.8) is 0 Å². The molecule has 0 unspecified atom stereocenters. The Bertz CT molecular complexity index is 412. The van der Waals surface area contributed by atoms with Gasteiger partial charge in [0, 0.05) is 18.8 Å². The van der Waals surface area contributed by atoms with Gasteiger partial charge in [-0.1, -0.05) is 5.16 Å². The number of pyridine rings is 1. The van der Waals surface area contributed by atoms with E-state index >= 15 is 0 Å². The van der Waals surface area contributed by atoms with Crippen molar-refractivity contribution in [1.82, 2.24) is 10.1 Å². The minimum atomic E-state index is 0.678. The second-order valence-electron chi connectivity index (χ2n) is 3.00. The van der Waals surface area contributed by atoms with E-state index in [1.807, 2.05) is 6.07 Å². The summed E-state index contributed by atoms with van der Waals surface area (Å²) in [5.74, 6) is 0.794. The molecular weight excluding hydrogens is 180 g/mol. The number of hydrogen-bond acceptors (Lipinski definition) is 5. The van der Waals surface area contributed by atoms with E-state index in [0.717, 1.165) is 29.8 Å². The fraction of sp³-hybridized carbons (Fsp3) is 0.333. The zero-order valence-electron chi connectivity index (χ0n) is 7.73. The molecule has 2 aromatic rings. The maximum absolute atomic E-state index is 5.38. The minimum Gasteiger partial charge on any atom is -0.370 e. The molecule has 0 aliphatic rings. The van der Waals surface area contributed by atoms with Gasteiger partial charge in [-0.15, -0.1) is 0 Å². The fourth-order valence-electron chi connectivity index (χ4n) is 1.18. The zero-order chi connectivity index (χ0) is 9.80. The number of hydrogen-bond donors (Lipinski definition) is 2. The van der Waals surface area contributed by atoms with Crippen LogP contribution in [0.25, 0.3) is 11.0 Å². The van der Waals surface area contributed by atoms with Gasteiger partial charge in [-0.05, 0) is 13.0 Å². The van der Waals surface area contributed by atoms with Gasteiger partial charge < -0.3 is 15.6 Å². The molecule has 0 amide bonds. The molecule has 0 saturated carbocycles. The number of aromatic nitrogens is 2. The van der Waals surface area contributed by atoms with E-state index in [0.29, 0.717) is 6.54 Å². The first kappa shape index (κ1) is 8.96. The highest BCUT2D eigenvalue weighted by molar-refractivity contribution is 5.77. The molecular formula is C9H12N4O. The molecule has 5 heteroatoms. The van der Waals surface area contributed by atoms with Crippen molar-refractivity contribution < 1.29 is 4.52 Å². The molecule has 0 spiro atoms. The highest BCUT2D eigenvalue weighted by Crippen LogP contribution is 2.15. The molecule has 0 aliphatic heterocycles. The Morgan fingerprint density at radius 3 is 3.21 bits per heavy atom. The largest absolute Gasteiger partial charge is 0.370 e. The first-order valence-corrected chi connectivity index (χ1v) is 4.54. The minimum absolute atomic E-state index is 0.678. The Kier molecular flexibility index (Phi) is 2.60. The van der Waals surface area contributed by atoms with Gasteiger partial charge in [0.25, 0.3) is 0 Å². The highest BCUT2D eigenvalue weighted by atomic mass is 16.5. The third-order valence-corrected chi connectivity index (χ3v) is 1.92. The van der Waals surface area contributed by atoms with Gasteiger partial charge in [-0.25, -0.2) is 4.98 Å². The number of rotatable bonds is 4. The van der Waals surface area contributed by atoms with Crippen molar-refractivity contribution >= 4 is 16.8 Å². The molecule has 0 saturated heterocycles. The van der Waals surface area contributed by atoms with Crippen LogP contribution in [0.2, 0.25) is 0 Å². The Morgan fingerprint density at radius 1 is 1.43 bits per heavy atom. The monoisotopic (exact) mass is 192 g/mol. The van der Waals surface area contributed by atoms with E-state index in [1.165, 1.54) is 0 Å². The van der Waals surface area contributed by atoms with Gasteiger partial charge in [0.15, 0.2) is 5.58 Å². The highest BCUT2D eigenvalue weighted by Gasteiger charge is 2.00. The van der Waals surface area contributed by atoms with Crippen LogP contribution in [-0.4, -0.2) is 23.2 Å². The number of nitrogens with zero attached hydrogens (tertiary/aromatic N) is 2. The summed E-state index contributed by atoms with van der Waals surface area (Å²) in [4.78, 5) is 4.20. The van der Waals surface area contributed by atoms with Gasteiger partial charge in [0.1, 0.15) is 5.82 Å². The number of nitrogens with one attached hydrogen (secondary N) is 1. The van der Waals surface area contributed by atoms with Crippen LogP contribution in [-0.2, 0) is 0 Å². The SMILES string of the molecule is NCCCNc1cc2oncc2cn1. The molecule has 0 radical (unpaired) electrons. The van der Waals surface area contributed by atoms with Crippen molar-refractivity contribution in [2.45, 2.75) is 6.42 Å². The summed E-state index contributed by atoms with van der Waals surface area (Å²) in [6, 6.07) is 1.83. The van der Waals surface area contributed by atoms with Crippen molar-refractivity contribution in [3.8, 4) is 0 Å². The van der Waals surface area contributed by atoms with Crippen LogP contribution < -0.4 is 11.1 Å². The fourth-order valence-corrected chi connectivity index (χ4v) is 1.18. The first-order chi connectivity index (χ1) is 6.90. The maximum Gasteiger partial charge on any atom is 0.172 e. The molecule has 3 N–H and O–H groups in total. The van der Waals surface area contributed by atoms with E-state index in [2.05, 4.69) is 15.5 Å². The number of nitrogens with two attached hydrogens (primary N) is 1. The smallest absolute Gasteiger partial charge is 0.172 e. The third kappa shape index (κ3) is 1.82. The molecule has 0 fully saturated rings. The van der Waals surface area contributed by atoms with Crippen LogP contribution in [0.4, 0.5) is 5.82 Å². The maximum atomic E-state index is 5.38. The summed E-state index contributed by atoms with van der Waals surface area (Å²) >= 11 is 0. The molecule has 74 valence electrons. The van der Waals surface area contributed by atoms with Crippen molar-refractivity contribution in [3.05, 3.63) is 18.5 Å². The normalized spacial score (nSPS) is 10.6.